The monoisotopic (exact) mass is 791 g/mol. The van der Waals surface area contributed by atoms with Gasteiger partial charge in [-0.05, 0) is 36.4 Å². The fourth-order valence-electron chi connectivity index (χ4n) is 7.17. The molecule has 5 aromatic carbocycles. The molecular formula is C44H28IrN3. The van der Waals surface area contributed by atoms with E-state index in [9.17, 15) is 0 Å². The molecule has 4 heterocycles. The maximum Gasteiger partial charge on any atom is 3.00 e. The molecular weight excluding hydrogens is 763 g/mol. The van der Waals surface area contributed by atoms with Crippen molar-refractivity contribution < 1.29 is 20.1 Å². The van der Waals surface area contributed by atoms with Gasteiger partial charge in [-0.25, -0.2) is 0 Å². The van der Waals surface area contributed by atoms with Gasteiger partial charge in [-0.3, -0.25) is 15.0 Å². The molecule has 4 heteroatoms. The third kappa shape index (κ3) is 5.24. The third-order valence-corrected chi connectivity index (χ3v) is 9.28. The largest absolute Gasteiger partial charge is 3.00 e. The molecule has 48 heavy (non-hydrogen) atoms. The summed E-state index contributed by atoms with van der Waals surface area (Å²) < 4.78 is 0. The number of aromatic nitrogens is 3. The van der Waals surface area contributed by atoms with Gasteiger partial charge in [0.1, 0.15) is 0 Å². The SMILES string of the molecule is [Ir+3].[c-]1ccccc1C1c2cccc(n2)C(c2[c-]ccc3ccccc23)c2cccc(n2)C(c2[c-]ccc3ccccc23)c2cccc1n2. The summed E-state index contributed by atoms with van der Waals surface area (Å²) in [5.41, 5.74) is 8.67. The topological polar surface area (TPSA) is 38.7 Å². The van der Waals surface area contributed by atoms with Crippen LogP contribution >= 0.6 is 0 Å². The maximum atomic E-state index is 5.49. The third-order valence-electron chi connectivity index (χ3n) is 9.28. The first-order chi connectivity index (χ1) is 23.3. The average molecular weight is 791 g/mol. The zero-order valence-corrected chi connectivity index (χ0v) is 28.2. The second-order valence-corrected chi connectivity index (χ2v) is 12.0. The van der Waals surface area contributed by atoms with Crippen molar-refractivity contribution in [2.45, 2.75) is 17.8 Å². The zero-order valence-electron chi connectivity index (χ0n) is 25.8. The quantitative estimate of drug-likeness (QED) is 0.168. The molecule has 0 saturated carbocycles. The summed E-state index contributed by atoms with van der Waals surface area (Å²) in [5, 5.41) is 4.62. The van der Waals surface area contributed by atoms with Crippen LogP contribution < -0.4 is 0 Å². The molecule has 2 unspecified atom stereocenters. The van der Waals surface area contributed by atoms with Gasteiger partial charge in [0.15, 0.2) is 0 Å². The van der Waals surface area contributed by atoms with E-state index in [2.05, 4.69) is 146 Å². The van der Waals surface area contributed by atoms with E-state index in [1.165, 1.54) is 10.8 Å². The van der Waals surface area contributed by atoms with Crippen molar-refractivity contribution in [1.29, 1.82) is 0 Å². The van der Waals surface area contributed by atoms with Gasteiger partial charge in [0.2, 0.25) is 0 Å². The minimum atomic E-state index is -0.246. The summed E-state index contributed by atoms with van der Waals surface area (Å²) in [6.07, 6.45) is 0. The number of hydrogen-bond acceptors (Lipinski definition) is 3. The molecule has 3 aromatic heterocycles. The fraction of sp³-hybridized carbons (Fsp3) is 0.0682. The van der Waals surface area contributed by atoms with Crippen molar-refractivity contribution in [3.8, 4) is 0 Å². The minimum absolute atomic E-state index is 0. The molecule has 0 spiro atoms. The van der Waals surface area contributed by atoms with E-state index in [1.54, 1.807) is 0 Å². The van der Waals surface area contributed by atoms with E-state index in [0.29, 0.717) is 0 Å². The number of nitrogens with zero attached hydrogens (tertiary/aromatic N) is 3. The Kier molecular flexibility index (Phi) is 7.98. The molecule has 0 saturated heterocycles. The summed E-state index contributed by atoms with van der Waals surface area (Å²) in [7, 11) is 0. The Morgan fingerprint density at radius 2 is 0.771 bits per heavy atom. The average Bonchev–Trinajstić information content (AvgIpc) is 3.13. The maximum absolute atomic E-state index is 5.49. The number of hydrogen-bond donors (Lipinski definition) is 0. The molecule has 0 aliphatic carbocycles. The van der Waals surface area contributed by atoms with Crippen LogP contribution in [0.1, 0.15) is 68.6 Å². The van der Waals surface area contributed by atoms with Crippen molar-refractivity contribution in [1.82, 2.24) is 15.0 Å². The Morgan fingerprint density at radius 3 is 1.21 bits per heavy atom. The van der Waals surface area contributed by atoms with Gasteiger partial charge in [-0.15, -0.1) is 50.4 Å². The van der Waals surface area contributed by atoms with E-state index in [4.69, 9.17) is 15.0 Å². The van der Waals surface area contributed by atoms with Gasteiger partial charge in [0.25, 0.3) is 0 Å². The van der Waals surface area contributed by atoms with E-state index in [1.807, 2.05) is 24.3 Å². The summed E-state index contributed by atoms with van der Waals surface area (Å²) in [5.74, 6) is -0.704. The molecule has 0 radical (unpaired) electrons. The van der Waals surface area contributed by atoms with Crippen molar-refractivity contribution in [2.24, 2.45) is 0 Å². The molecule has 1 aliphatic rings. The number of fused-ring (bicyclic) bond motifs is 8. The second-order valence-electron chi connectivity index (χ2n) is 12.0. The Bertz CT molecular complexity index is 2250. The molecule has 2 atom stereocenters. The first-order valence-corrected chi connectivity index (χ1v) is 16.0. The van der Waals surface area contributed by atoms with Crippen LogP contribution in [0.2, 0.25) is 0 Å². The Hall–Kier alpha value is -5.28. The summed E-state index contributed by atoms with van der Waals surface area (Å²) in [4.78, 5) is 16.3. The fourth-order valence-corrected chi connectivity index (χ4v) is 7.17. The minimum Gasteiger partial charge on any atom is -0.256 e. The first kappa shape index (κ1) is 30.1. The molecule has 0 N–H and O–H groups in total. The van der Waals surface area contributed by atoms with Crippen LogP contribution in [0.5, 0.6) is 0 Å². The van der Waals surface area contributed by atoms with Crippen LogP contribution in [-0.4, -0.2) is 15.0 Å². The molecule has 9 rings (SSSR count). The van der Waals surface area contributed by atoms with Gasteiger partial charge >= 0.3 is 20.1 Å². The van der Waals surface area contributed by atoms with Gasteiger partial charge in [0, 0.05) is 17.8 Å². The van der Waals surface area contributed by atoms with Gasteiger partial charge in [-0.2, -0.15) is 66.7 Å². The van der Waals surface area contributed by atoms with Crippen LogP contribution in [0.15, 0.2) is 152 Å². The van der Waals surface area contributed by atoms with Crippen LogP contribution in [-0.2, 0) is 20.1 Å². The van der Waals surface area contributed by atoms with Crippen LogP contribution in [0.25, 0.3) is 21.5 Å². The molecule has 0 amide bonds. The van der Waals surface area contributed by atoms with Gasteiger partial charge < -0.3 is 0 Å². The molecule has 228 valence electrons. The van der Waals surface area contributed by atoms with Crippen LogP contribution in [0.4, 0.5) is 0 Å². The normalized spacial score (nSPS) is 16.8. The van der Waals surface area contributed by atoms with Crippen molar-refractivity contribution in [2.75, 3.05) is 0 Å². The summed E-state index contributed by atoms with van der Waals surface area (Å²) >= 11 is 0. The number of benzene rings is 5. The predicted molar refractivity (Wildman–Crippen MR) is 186 cm³/mol. The summed E-state index contributed by atoms with van der Waals surface area (Å²) in [6.45, 7) is 0. The smallest absolute Gasteiger partial charge is 0.256 e. The molecule has 0 fully saturated rings. The zero-order chi connectivity index (χ0) is 31.2. The summed E-state index contributed by atoms with van der Waals surface area (Å²) in [6, 6.07) is 63.2. The van der Waals surface area contributed by atoms with E-state index in [0.717, 1.165) is 61.6 Å². The molecule has 3 nitrogen and oxygen atoms in total. The predicted octanol–water partition coefficient (Wildman–Crippen LogP) is 9.43. The van der Waals surface area contributed by atoms with Crippen LogP contribution in [0.3, 0.4) is 0 Å². The standard InChI is InChI=1S/C44H28N3.Ir/c1-2-15-31(16-3-1)42-36-23-10-25-38(45-36)43(34-21-8-17-29-13-4-6-19-32(29)34)40-27-12-28-41(47-40)44(39-26-11-24-37(42)46-39)35-22-9-18-30-14-5-7-20-33(30)35;/h1-15,17-20,23-28,42-44H;/q-3;+3. The molecule has 8 aromatic rings. The molecule has 1 aliphatic heterocycles. The first-order valence-electron chi connectivity index (χ1n) is 16.0. The van der Waals surface area contributed by atoms with E-state index >= 15 is 0 Å². The Labute approximate surface area is 293 Å². The van der Waals surface area contributed by atoms with Crippen molar-refractivity contribution in [3.05, 3.63) is 221 Å². The van der Waals surface area contributed by atoms with E-state index < -0.39 is 0 Å². The van der Waals surface area contributed by atoms with Crippen LogP contribution in [0, 0.1) is 18.2 Å². The molecule has 6 bridgehead atoms. The Balaban J connectivity index is 0.00000336. The van der Waals surface area contributed by atoms with Crippen molar-refractivity contribution >= 4 is 21.5 Å². The Morgan fingerprint density at radius 1 is 0.354 bits per heavy atom. The van der Waals surface area contributed by atoms with Crippen molar-refractivity contribution in [3.63, 3.8) is 0 Å². The van der Waals surface area contributed by atoms with E-state index in [-0.39, 0.29) is 37.9 Å². The van der Waals surface area contributed by atoms with Gasteiger partial charge in [0.05, 0.1) is 34.2 Å². The van der Waals surface area contributed by atoms with Gasteiger partial charge in [-0.1, -0.05) is 54.6 Å². The second kappa shape index (κ2) is 12.7. The number of pyridine rings is 3. The number of rotatable bonds is 3.